The molecule has 0 unspecified atom stereocenters. The Balaban J connectivity index is 1.79. The molecule has 0 saturated carbocycles. The Hall–Kier alpha value is -2.22. The zero-order valence-electron chi connectivity index (χ0n) is 9.81. The second-order valence-corrected chi connectivity index (χ2v) is 4.99. The first-order valence-electron chi connectivity index (χ1n) is 5.36. The van der Waals surface area contributed by atoms with Gasteiger partial charge in [0.15, 0.2) is 0 Å². The minimum atomic E-state index is -1.43. The number of aromatic nitrogens is 2. The first-order chi connectivity index (χ1) is 9.06. The van der Waals surface area contributed by atoms with Crippen LogP contribution in [0.4, 0.5) is 4.79 Å². The van der Waals surface area contributed by atoms with Crippen LogP contribution in [0.2, 0.25) is 0 Å². The predicted molar refractivity (Wildman–Crippen MR) is 66.6 cm³/mol. The van der Waals surface area contributed by atoms with E-state index in [4.69, 9.17) is 5.11 Å². The standard InChI is InChI=1S/C11H9N3O4S/c1-13-4-6(3-12-13)2-7-9(15)14-8(18-11(16)17)5-19-10(7)14/h2-5,10H,1H3,(H,16,17)/b7-2+/t10-/m0/s1. The molecule has 2 aliphatic rings. The maximum absolute atomic E-state index is 11.9. The van der Waals surface area contributed by atoms with E-state index in [0.717, 1.165) is 5.56 Å². The molecule has 3 rings (SSSR count). The monoisotopic (exact) mass is 279 g/mol. The number of amides is 1. The number of rotatable bonds is 2. The third-order valence-electron chi connectivity index (χ3n) is 2.74. The third-order valence-corrected chi connectivity index (χ3v) is 3.80. The summed E-state index contributed by atoms with van der Waals surface area (Å²) in [6.45, 7) is 0. The lowest BCUT2D eigenvalue weighted by molar-refractivity contribution is -0.133. The second kappa shape index (κ2) is 4.16. The molecule has 98 valence electrons. The molecule has 1 N–H and O–H groups in total. The van der Waals surface area contributed by atoms with E-state index in [1.807, 2.05) is 0 Å². The van der Waals surface area contributed by atoms with Gasteiger partial charge in [-0.15, -0.1) is 0 Å². The van der Waals surface area contributed by atoms with Gasteiger partial charge in [0.05, 0.1) is 11.8 Å². The molecule has 7 nitrogen and oxygen atoms in total. The molecule has 2 aliphatic heterocycles. The molecule has 1 fully saturated rings. The molecule has 0 bridgehead atoms. The molecule has 1 aromatic heterocycles. The summed E-state index contributed by atoms with van der Waals surface area (Å²) in [5.74, 6) is -0.179. The summed E-state index contributed by atoms with van der Waals surface area (Å²) >= 11 is 1.34. The van der Waals surface area contributed by atoms with Gasteiger partial charge in [0, 0.05) is 24.2 Å². The van der Waals surface area contributed by atoms with Crippen LogP contribution in [-0.2, 0) is 16.6 Å². The van der Waals surface area contributed by atoms with Crippen molar-refractivity contribution in [3.63, 3.8) is 0 Å². The topological polar surface area (TPSA) is 84.7 Å². The number of hydrogen-bond donors (Lipinski definition) is 1. The molecule has 1 aromatic rings. The summed E-state index contributed by atoms with van der Waals surface area (Å²) in [4.78, 5) is 23.7. The Labute approximate surface area is 112 Å². The van der Waals surface area contributed by atoms with Gasteiger partial charge in [-0.2, -0.15) is 5.10 Å². The molecule has 1 amide bonds. The Kier molecular flexibility index (Phi) is 2.59. The summed E-state index contributed by atoms with van der Waals surface area (Å²) in [6, 6.07) is 0. The summed E-state index contributed by atoms with van der Waals surface area (Å²) in [5, 5.41) is 13.9. The maximum atomic E-state index is 11.9. The van der Waals surface area contributed by atoms with Gasteiger partial charge in [0.1, 0.15) is 5.37 Å². The number of nitrogens with zero attached hydrogens (tertiary/aromatic N) is 3. The first kappa shape index (κ1) is 11.8. The summed E-state index contributed by atoms with van der Waals surface area (Å²) < 4.78 is 6.18. The number of carboxylic acid groups (broad SMARTS) is 1. The Morgan fingerprint density at radius 2 is 2.42 bits per heavy atom. The summed E-state index contributed by atoms with van der Waals surface area (Å²) in [6.07, 6.45) is 3.78. The van der Waals surface area contributed by atoms with Gasteiger partial charge in [0.25, 0.3) is 5.91 Å². The number of carbonyl (C=O) groups excluding carboxylic acids is 1. The van der Waals surface area contributed by atoms with Crippen LogP contribution in [0.1, 0.15) is 5.56 Å². The van der Waals surface area contributed by atoms with Crippen molar-refractivity contribution >= 4 is 29.9 Å². The molecule has 0 aliphatic carbocycles. The number of hydrogen-bond acceptors (Lipinski definition) is 5. The average molecular weight is 279 g/mol. The minimum Gasteiger partial charge on any atom is -0.449 e. The highest BCUT2D eigenvalue weighted by Gasteiger charge is 2.49. The van der Waals surface area contributed by atoms with Crippen LogP contribution in [0.5, 0.6) is 0 Å². The van der Waals surface area contributed by atoms with E-state index in [-0.39, 0.29) is 17.2 Å². The van der Waals surface area contributed by atoms with E-state index in [0.29, 0.717) is 5.57 Å². The van der Waals surface area contributed by atoms with Crippen LogP contribution in [0.25, 0.3) is 6.08 Å². The number of ether oxygens (including phenoxy) is 1. The van der Waals surface area contributed by atoms with Crippen LogP contribution in [0, 0.1) is 0 Å². The van der Waals surface area contributed by atoms with Crippen LogP contribution in [-0.4, -0.2) is 37.2 Å². The molecule has 1 saturated heterocycles. The lowest BCUT2D eigenvalue weighted by Gasteiger charge is -2.36. The molecule has 0 radical (unpaired) electrons. The van der Waals surface area contributed by atoms with Crippen LogP contribution in [0.3, 0.4) is 0 Å². The van der Waals surface area contributed by atoms with Gasteiger partial charge in [0.2, 0.25) is 5.88 Å². The third kappa shape index (κ3) is 1.89. The van der Waals surface area contributed by atoms with E-state index < -0.39 is 6.16 Å². The maximum Gasteiger partial charge on any atom is 0.512 e. The lowest BCUT2D eigenvalue weighted by Crippen LogP contribution is -2.50. The van der Waals surface area contributed by atoms with Gasteiger partial charge >= 0.3 is 6.16 Å². The van der Waals surface area contributed by atoms with Crippen molar-refractivity contribution in [3.8, 4) is 0 Å². The molecule has 1 atom stereocenters. The van der Waals surface area contributed by atoms with Crippen molar-refractivity contribution in [2.24, 2.45) is 7.05 Å². The first-order valence-corrected chi connectivity index (χ1v) is 6.31. The number of thioether (sulfide) groups is 1. The van der Waals surface area contributed by atoms with E-state index in [1.165, 1.54) is 22.1 Å². The molecule has 0 aromatic carbocycles. The Morgan fingerprint density at radius 3 is 3.05 bits per heavy atom. The minimum absolute atomic E-state index is 0.0656. The predicted octanol–water partition coefficient (Wildman–Crippen LogP) is 1.21. The number of β-lactam (4-membered cyclic amide) rings is 1. The van der Waals surface area contributed by atoms with Crippen molar-refractivity contribution in [2.45, 2.75) is 5.37 Å². The highest BCUT2D eigenvalue weighted by Crippen LogP contribution is 2.45. The van der Waals surface area contributed by atoms with Crippen molar-refractivity contribution < 1.29 is 19.4 Å². The average Bonchev–Trinajstić information content (AvgIpc) is 2.90. The highest BCUT2D eigenvalue weighted by atomic mass is 32.2. The SMILES string of the molecule is Cn1cc(/C=C2\C(=O)N3C(OC(=O)O)=CS[C@@H]23)cn1. The van der Waals surface area contributed by atoms with E-state index in [9.17, 15) is 9.59 Å². The van der Waals surface area contributed by atoms with Crippen molar-refractivity contribution in [2.75, 3.05) is 0 Å². The fourth-order valence-corrected chi connectivity index (χ4v) is 2.99. The molecule has 19 heavy (non-hydrogen) atoms. The van der Waals surface area contributed by atoms with Crippen LogP contribution >= 0.6 is 11.8 Å². The van der Waals surface area contributed by atoms with E-state index in [2.05, 4.69) is 9.84 Å². The van der Waals surface area contributed by atoms with Crippen molar-refractivity contribution in [3.05, 3.63) is 34.8 Å². The number of aryl methyl sites for hydroxylation is 1. The van der Waals surface area contributed by atoms with E-state index in [1.54, 1.807) is 30.2 Å². The molecule has 8 heteroatoms. The molecule has 3 heterocycles. The van der Waals surface area contributed by atoms with Crippen LogP contribution in [0.15, 0.2) is 29.3 Å². The largest absolute Gasteiger partial charge is 0.512 e. The molecule has 0 spiro atoms. The van der Waals surface area contributed by atoms with Crippen LogP contribution < -0.4 is 0 Å². The normalized spacial score (nSPS) is 23.1. The molecular formula is C11H9N3O4S. The lowest BCUT2D eigenvalue weighted by atomic mass is 10.0. The second-order valence-electron chi connectivity index (χ2n) is 4.03. The van der Waals surface area contributed by atoms with Gasteiger partial charge < -0.3 is 9.84 Å². The Bertz CT molecular complexity index is 634. The quantitative estimate of drug-likeness (QED) is 0.497. The van der Waals surface area contributed by atoms with Crippen molar-refractivity contribution in [1.82, 2.24) is 14.7 Å². The fourth-order valence-electron chi connectivity index (χ4n) is 1.94. The van der Waals surface area contributed by atoms with E-state index >= 15 is 0 Å². The molecular weight excluding hydrogens is 270 g/mol. The highest BCUT2D eigenvalue weighted by molar-refractivity contribution is 8.03. The smallest absolute Gasteiger partial charge is 0.449 e. The summed E-state index contributed by atoms with van der Waals surface area (Å²) in [5.41, 5.74) is 1.44. The zero-order chi connectivity index (χ0) is 13.6. The zero-order valence-corrected chi connectivity index (χ0v) is 10.6. The van der Waals surface area contributed by atoms with Gasteiger partial charge in [-0.25, -0.2) is 4.79 Å². The van der Waals surface area contributed by atoms with Gasteiger partial charge in [-0.05, 0) is 6.08 Å². The Morgan fingerprint density at radius 1 is 1.63 bits per heavy atom. The number of fused-ring (bicyclic) bond motifs is 1. The summed E-state index contributed by atoms with van der Waals surface area (Å²) in [7, 11) is 1.79. The number of carbonyl (C=O) groups is 2. The van der Waals surface area contributed by atoms with Gasteiger partial charge in [-0.1, -0.05) is 11.8 Å². The van der Waals surface area contributed by atoms with Crippen molar-refractivity contribution in [1.29, 1.82) is 0 Å². The van der Waals surface area contributed by atoms with Gasteiger partial charge in [-0.3, -0.25) is 14.4 Å². The fraction of sp³-hybridized carbons (Fsp3) is 0.182.